The second-order valence-electron chi connectivity index (χ2n) is 3.58. The minimum absolute atomic E-state index is 0.0517. The molecule has 0 saturated heterocycles. The highest BCUT2D eigenvalue weighted by Crippen LogP contribution is 2.14. The van der Waals surface area contributed by atoms with E-state index in [1.165, 1.54) is 0 Å². The van der Waals surface area contributed by atoms with Crippen molar-refractivity contribution in [2.24, 2.45) is 0 Å². The van der Waals surface area contributed by atoms with Crippen LogP contribution in [0.4, 0.5) is 8.78 Å². The van der Waals surface area contributed by atoms with Crippen LogP contribution < -0.4 is 10.1 Å². The monoisotopic (exact) mass is 275 g/mol. The van der Waals surface area contributed by atoms with E-state index in [0.717, 1.165) is 12.1 Å². The van der Waals surface area contributed by atoms with Crippen LogP contribution in [0.25, 0.3) is 0 Å². The minimum atomic E-state index is -0.771. The van der Waals surface area contributed by atoms with Gasteiger partial charge in [0, 0.05) is 24.7 Å². The molecule has 1 rings (SSSR count). The molecule has 1 amide bonds. The number of amides is 1. The first-order chi connectivity index (χ1) is 9.11. The predicted molar refractivity (Wildman–Crippen MR) is 62.8 cm³/mol. The van der Waals surface area contributed by atoms with Gasteiger partial charge in [-0.1, -0.05) is 0 Å². The molecule has 0 aliphatic heterocycles. The molecule has 0 spiro atoms. The van der Waals surface area contributed by atoms with Gasteiger partial charge in [-0.25, -0.2) is 8.78 Å². The Balaban J connectivity index is 2.22. The lowest BCUT2D eigenvalue weighted by Crippen LogP contribution is -2.31. The summed E-state index contributed by atoms with van der Waals surface area (Å²) < 4.78 is 35.5. The summed E-state index contributed by atoms with van der Waals surface area (Å²) in [5, 5.41) is 10.9. The van der Waals surface area contributed by atoms with E-state index in [-0.39, 0.29) is 38.7 Å². The second kappa shape index (κ2) is 8.39. The number of aliphatic hydroxyl groups excluding tert-OH is 1. The lowest BCUT2D eigenvalue weighted by Gasteiger charge is -2.08. The standard InChI is InChI=1S/C12H15F2NO4/c13-9-5-10(14)7-11(6-9)19-8-12(17)15-1-3-18-4-2-16/h5-7,16H,1-4,8H2,(H,15,17). The first-order valence-electron chi connectivity index (χ1n) is 5.66. The highest BCUT2D eigenvalue weighted by molar-refractivity contribution is 5.77. The van der Waals surface area contributed by atoms with Crippen LogP contribution in [0.1, 0.15) is 0 Å². The molecule has 0 heterocycles. The summed E-state index contributed by atoms with van der Waals surface area (Å²) in [5.41, 5.74) is 0. The molecule has 0 aromatic heterocycles. The number of rotatable bonds is 8. The molecular formula is C12H15F2NO4. The van der Waals surface area contributed by atoms with Gasteiger partial charge >= 0.3 is 0 Å². The fourth-order valence-corrected chi connectivity index (χ4v) is 1.24. The zero-order valence-electron chi connectivity index (χ0n) is 10.2. The fourth-order valence-electron chi connectivity index (χ4n) is 1.24. The molecule has 106 valence electrons. The van der Waals surface area contributed by atoms with Gasteiger partial charge in [0.05, 0.1) is 19.8 Å². The van der Waals surface area contributed by atoms with E-state index in [9.17, 15) is 13.6 Å². The smallest absolute Gasteiger partial charge is 0.258 e. The summed E-state index contributed by atoms with van der Waals surface area (Å²) in [4.78, 5) is 11.3. The highest BCUT2D eigenvalue weighted by Gasteiger charge is 2.05. The lowest BCUT2D eigenvalue weighted by atomic mass is 10.3. The van der Waals surface area contributed by atoms with Gasteiger partial charge in [0.2, 0.25) is 0 Å². The van der Waals surface area contributed by atoms with E-state index < -0.39 is 17.5 Å². The lowest BCUT2D eigenvalue weighted by molar-refractivity contribution is -0.123. The summed E-state index contributed by atoms with van der Waals surface area (Å²) >= 11 is 0. The zero-order valence-corrected chi connectivity index (χ0v) is 10.2. The molecule has 0 radical (unpaired) electrons. The topological polar surface area (TPSA) is 67.8 Å². The van der Waals surface area contributed by atoms with E-state index in [1.54, 1.807) is 0 Å². The summed E-state index contributed by atoms with van der Waals surface area (Å²) in [5.74, 6) is -2.03. The number of hydrogen-bond donors (Lipinski definition) is 2. The van der Waals surface area contributed by atoms with Crippen molar-refractivity contribution in [2.45, 2.75) is 0 Å². The molecule has 1 aromatic rings. The van der Waals surface area contributed by atoms with Crippen LogP contribution in [-0.2, 0) is 9.53 Å². The Morgan fingerprint density at radius 3 is 2.53 bits per heavy atom. The normalized spacial score (nSPS) is 10.3. The molecule has 0 aliphatic carbocycles. The Kier molecular flexibility index (Phi) is 6.76. The minimum Gasteiger partial charge on any atom is -0.484 e. The Morgan fingerprint density at radius 2 is 1.89 bits per heavy atom. The van der Waals surface area contributed by atoms with Gasteiger partial charge in [-0.05, 0) is 0 Å². The van der Waals surface area contributed by atoms with Crippen LogP contribution in [0.5, 0.6) is 5.75 Å². The molecule has 19 heavy (non-hydrogen) atoms. The van der Waals surface area contributed by atoms with Crippen LogP contribution in [0.15, 0.2) is 18.2 Å². The SMILES string of the molecule is O=C(COc1cc(F)cc(F)c1)NCCOCCO. The van der Waals surface area contributed by atoms with Gasteiger partial charge in [-0.2, -0.15) is 0 Å². The Hall–Kier alpha value is -1.73. The van der Waals surface area contributed by atoms with Gasteiger partial charge < -0.3 is 19.9 Å². The number of aliphatic hydroxyl groups is 1. The third kappa shape index (κ3) is 6.68. The maximum absolute atomic E-state index is 12.8. The first kappa shape index (κ1) is 15.3. The summed E-state index contributed by atoms with van der Waals surface area (Å²) in [6.45, 7) is 0.306. The number of carbonyl (C=O) groups excluding carboxylic acids is 1. The average Bonchev–Trinajstić information content (AvgIpc) is 2.35. The Labute approximate surface area is 109 Å². The predicted octanol–water partition coefficient (Wildman–Crippen LogP) is 0.469. The van der Waals surface area contributed by atoms with Gasteiger partial charge in [0.25, 0.3) is 5.91 Å². The van der Waals surface area contributed by atoms with E-state index in [4.69, 9.17) is 14.6 Å². The molecule has 0 unspecified atom stereocenters. The molecule has 0 saturated carbocycles. The Bertz CT molecular complexity index is 394. The molecular weight excluding hydrogens is 260 g/mol. The third-order valence-electron chi connectivity index (χ3n) is 2.01. The number of benzene rings is 1. The van der Waals surface area contributed by atoms with Crippen molar-refractivity contribution in [3.63, 3.8) is 0 Å². The number of nitrogens with one attached hydrogen (secondary N) is 1. The molecule has 0 atom stereocenters. The largest absolute Gasteiger partial charge is 0.484 e. The number of halogens is 2. The summed E-state index contributed by atoms with van der Waals surface area (Å²) in [7, 11) is 0. The Morgan fingerprint density at radius 1 is 1.21 bits per heavy atom. The van der Waals surface area contributed by atoms with Crippen molar-refractivity contribution >= 4 is 5.91 Å². The van der Waals surface area contributed by atoms with Crippen molar-refractivity contribution in [1.29, 1.82) is 0 Å². The number of carbonyl (C=O) groups is 1. The van der Waals surface area contributed by atoms with Crippen molar-refractivity contribution in [3.05, 3.63) is 29.8 Å². The van der Waals surface area contributed by atoms with E-state index in [2.05, 4.69) is 5.32 Å². The maximum atomic E-state index is 12.8. The van der Waals surface area contributed by atoms with E-state index in [0.29, 0.717) is 6.07 Å². The highest BCUT2D eigenvalue weighted by atomic mass is 19.1. The number of ether oxygens (including phenoxy) is 2. The van der Waals surface area contributed by atoms with Crippen molar-refractivity contribution in [3.8, 4) is 5.75 Å². The van der Waals surface area contributed by atoms with E-state index in [1.807, 2.05) is 0 Å². The molecule has 1 aromatic carbocycles. The molecule has 2 N–H and O–H groups in total. The van der Waals surface area contributed by atoms with Crippen molar-refractivity contribution < 1.29 is 28.2 Å². The molecule has 7 heteroatoms. The van der Waals surface area contributed by atoms with Crippen LogP contribution >= 0.6 is 0 Å². The number of hydrogen-bond acceptors (Lipinski definition) is 4. The molecule has 0 aliphatic rings. The third-order valence-corrected chi connectivity index (χ3v) is 2.01. The molecule has 0 fully saturated rings. The first-order valence-corrected chi connectivity index (χ1v) is 5.66. The van der Waals surface area contributed by atoms with Crippen LogP contribution in [0.2, 0.25) is 0 Å². The van der Waals surface area contributed by atoms with Crippen LogP contribution in [0, 0.1) is 11.6 Å². The molecule has 5 nitrogen and oxygen atoms in total. The maximum Gasteiger partial charge on any atom is 0.258 e. The van der Waals surface area contributed by atoms with Crippen LogP contribution in [-0.4, -0.2) is 44.0 Å². The quantitative estimate of drug-likeness (QED) is 0.677. The van der Waals surface area contributed by atoms with Gasteiger partial charge in [0.15, 0.2) is 6.61 Å². The fraction of sp³-hybridized carbons (Fsp3) is 0.417. The summed E-state index contributed by atoms with van der Waals surface area (Å²) in [6, 6.07) is 2.69. The zero-order chi connectivity index (χ0) is 14.1. The van der Waals surface area contributed by atoms with Crippen molar-refractivity contribution in [2.75, 3.05) is 33.0 Å². The average molecular weight is 275 g/mol. The summed E-state index contributed by atoms with van der Waals surface area (Å²) in [6.07, 6.45) is 0. The van der Waals surface area contributed by atoms with E-state index >= 15 is 0 Å². The second-order valence-corrected chi connectivity index (χ2v) is 3.58. The van der Waals surface area contributed by atoms with Gasteiger partial charge in [-0.15, -0.1) is 0 Å². The van der Waals surface area contributed by atoms with Crippen LogP contribution in [0.3, 0.4) is 0 Å². The molecule has 0 bridgehead atoms. The van der Waals surface area contributed by atoms with Crippen molar-refractivity contribution in [1.82, 2.24) is 5.32 Å². The van der Waals surface area contributed by atoms with Gasteiger partial charge in [0.1, 0.15) is 17.4 Å². The van der Waals surface area contributed by atoms with Gasteiger partial charge in [-0.3, -0.25) is 4.79 Å².